The van der Waals surface area contributed by atoms with Crippen LogP contribution in [0, 0.1) is 0 Å². The third-order valence-electron chi connectivity index (χ3n) is 2.17. The van der Waals surface area contributed by atoms with E-state index < -0.39 is 17.3 Å². The number of carbonyl (C=O) groups is 1. The first-order valence-corrected chi connectivity index (χ1v) is 6.95. The van der Waals surface area contributed by atoms with Gasteiger partial charge in [-0.05, 0) is 43.6 Å². The lowest BCUT2D eigenvalue weighted by molar-refractivity contribution is 0.0455. The topological polar surface area (TPSA) is 80.0 Å². The third-order valence-corrected chi connectivity index (χ3v) is 3.11. The highest BCUT2D eigenvalue weighted by atomic mass is 79.9. The molecular weight excluding hydrogens is 336 g/mol. The van der Waals surface area contributed by atoms with Gasteiger partial charge in [0.25, 0.3) is 0 Å². The molecule has 0 spiro atoms. The molecule has 6 nitrogen and oxygen atoms in total. The molecule has 0 aliphatic carbocycles. The Balaban J connectivity index is 2.64. The Morgan fingerprint density at radius 2 is 2.26 bits per heavy atom. The van der Waals surface area contributed by atoms with E-state index in [0.717, 1.165) is 0 Å². The van der Waals surface area contributed by atoms with Crippen molar-refractivity contribution in [2.75, 3.05) is 0 Å². The molecule has 1 amide bonds. The monoisotopic (exact) mass is 352 g/mol. The van der Waals surface area contributed by atoms with Crippen molar-refractivity contribution in [3.63, 3.8) is 0 Å². The number of hydrogen-bond donors (Lipinski definition) is 2. The number of halogens is 2. The van der Waals surface area contributed by atoms with Crippen LogP contribution in [-0.2, 0) is 4.74 Å². The second kappa shape index (κ2) is 6.00. The normalized spacial score (nSPS) is 21.4. The van der Waals surface area contributed by atoms with Crippen LogP contribution in [0.5, 0.6) is 0 Å². The summed E-state index contributed by atoms with van der Waals surface area (Å²) in [5, 5.41) is 2.68. The average molecular weight is 354 g/mol. The van der Waals surface area contributed by atoms with Gasteiger partial charge < -0.3 is 20.7 Å². The van der Waals surface area contributed by atoms with Gasteiger partial charge in [0.2, 0.25) is 5.62 Å². The van der Waals surface area contributed by atoms with Crippen LogP contribution in [0.2, 0.25) is 0 Å². The minimum absolute atomic E-state index is 0.320. The van der Waals surface area contributed by atoms with Crippen molar-refractivity contribution in [3.05, 3.63) is 10.7 Å². The smallest absolute Gasteiger partial charge is 0.409 e. The molecule has 1 heterocycles. The summed E-state index contributed by atoms with van der Waals surface area (Å²) in [6, 6.07) is 0. The van der Waals surface area contributed by atoms with Crippen LogP contribution < -0.4 is 11.1 Å². The first-order chi connectivity index (χ1) is 8.60. The number of nitrogens with one attached hydrogen (secondary N) is 1. The van der Waals surface area contributed by atoms with Crippen LogP contribution in [0.1, 0.15) is 27.7 Å². The Kier molecular flexibility index (Phi) is 5.09. The van der Waals surface area contributed by atoms with E-state index in [0.29, 0.717) is 10.3 Å². The molecule has 0 aromatic heterocycles. The van der Waals surface area contributed by atoms with Crippen molar-refractivity contribution >= 4 is 39.5 Å². The maximum atomic E-state index is 11.7. The molecule has 1 aliphatic heterocycles. The highest BCUT2D eigenvalue weighted by Crippen LogP contribution is 2.21. The molecule has 2 atom stereocenters. The van der Waals surface area contributed by atoms with Gasteiger partial charge in [0.15, 0.2) is 0 Å². The summed E-state index contributed by atoms with van der Waals surface area (Å²) >= 11 is 9.32. The van der Waals surface area contributed by atoms with E-state index in [-0.39, 0.29) is 6.17 Å². The zero-order valence-corrected chi connectivity index (χ0v) is 13.6. The Morgan fingerprint density at radius 3 is 2.79 bits per heavy atom. The molecule has 0 bridgehead atoms. The first kappa shape index (κ1) is 16.1. The van der Waals surface area contributed by atoms with Crippen molar-refractivity contribution in [1.82, 2.24) is 10.2 Å². The lowest BCUT2D eigenvalue weighted by Crippen LogP contribution is -2.49. The Morgan fingerprint density at radius 1 is 1.68 bits per heavy atom. The Hall–Kier alpha value is -0.950. The quantitative estimate of drug-likeness (QED) is 0.589. The fourth-order valence-corrected chi connectivity index (χ4v) is 2.02. The molecular formula is C11H18BrClN4O2. The Labute approximate surface area is 126 Å². The van der Waals surface area contributed by atoms with Crippen LogP contribution in [0.3, 0.4) is 0 Å². The summed E-state index contributed by atoms with van der Waals surface area (Å²) in [5.74, 6) is 0.320. The maximum Gasteiger partial charge on any atom is 0.409 e. The van der Waals surface area contributed by atoms with E-state index in [9.17, 15) is 4.79 Å². The summed E-state index contributed by atoms with van der Waals surface area (Å²) < 4.78 is 5.78. The van der Waals surface area contributed by atoms with Crippen LogP contribution in [0.15, 0.2) is 15.7 Å². The number of nitrogens with zero attached hydrogens (tertiary/aromatic N) is 2. The minimum Gasteiger partial charge on any atom is -0.444 e. The number of alkyl carbamates (subject to hydrolysis) is 1. The second-order valence-corrected chi connectivity index (χ2v) is 6.32. The summed E-state index contributed by atoms with van der Waals surface area (Å²) in [6.45, 7) is 7.16. The van der Waals surface area contributed by atoms with Gasteiger partial charge in [0, 0.05) is 6.20 Å². The summed E-state index contributed by atoms with van der Waals surface area (Å²) in [7, 11) is 0. The van der Waals surface area contributed by atoms with Gasteiger partial charge in [-0.1, -0.05) is 11.6 Å². The fraction of sp³-hybridized carbons (Fsp3) is 0.636. The zero-order valence-electron chi connectivity index (χ0n) is 11.3. The van der Waals surface area contributed by atoms with E-state index in [2.05, 4.69) is 26.2 Å². The van der Waals surface area contributed by atoms with Crippen molar-refractivity contribution in [2.45, 2.75) is 45.1 Å². The van der Waals surface area contributed by atoms with Crippen LogP contribution in [0.25, 0.3) is 0 Å². The predicted molar refractivity (Wildman–Crippen MR) is 78.9 cm³/mol. The van der Waals surface area contributed by atoms with Gasteiger partial charge in [-0.15, -0.1) is 0 Å². The molecule has 2 unspecified atom stereocenters. The van der Waals surface area contributed by atoms with E-state index >= 15 is 0 Å². The number of alkyl halides is 1. The number of carbonyl (C=O) groups excluding carboxylic acids is 1. The highest BCUT2D eigenvalue weighted by molar-refractivity contribution is 9.12. The minimum atomic E-state index is -0.675. The molecule has 0 saturated heterocycles. The SMILES string of the molecule is CC(NC(=O)OC(C)(C)C)N1C=C(Br)C(N)=NC1Cl. The maximum absolute atomic E-state index is 11.7. The fourth-order valence-electron chi connectivity index (χ4n) is 1.35. The van der Waals surface area contributed by atoms with Crippen molar-refractivity contribution in [1.29, 1.82) is 0 Å². The van der Waals surface area contributed by atoms with Gasteiger partial charge in [0.1, 0.15) is 17.6 Å². The van der Waals surface area contributed by atoms with Crippen molar-refractivity contribution in [2.24, 2.45) is 10.7 Å². The molecule has 3 N–H and O–H groups in total. The molecule has 0 radical (unpaired) electrons. The number of hydrogen-bond acceptors (Lipinski definition) is 5. The predicted octanol–water partition coefficient (Wildman–Crippen LogP) is 2.29. The van der Waals surface area contributed by atoms with E-state index in [1.807, 2.05) is 0 Å². The molecule has 0 fully saturated rings. The number of amides is 1. The number of rotatable bonds is 2. The van der Waals surface area contributed by atoms with Crippen molar-refractivity contribution < 1.29 is 9.53 Å². The number of aliphatic imine (C=N–C) groups is 1. The van der Waals surface area contributed by atoms with E-state index in [1.165, 1.54) is 0 Å². The van der Waals surface area contributed by atoms with Gasteiger partial charge in [-0.3, -0.25) is 0 Å². The average Bonchev–Trinajstić information content (AvgIpc) is 2.20. The summed E-state index contributed by atoms with van der Waals surface area (Å²) in [6.07, 6.45) is 0.778. The van der Waals surface area contributed by atoms with Crippen LogP contribution >= 0.6 is 27.5 Å². The molecule has 0 saturated carbocycles. The number of amidine groups is 1. The molecule has 19 heavy (non-hydrogen) atoms. The second-order valence-electron chi connectivity index (χ2n) is 5.07. The lowest BCUT2D eigenvalue weighted by atomic mass is 10.2. The standard InChI is InChI=1S/C11H18BrClN4O2/c1-6(15-10(18)19-11(2,3)4)17-5-7(12)8(14)16-9(17)13/h5-6,9H,1-4H3,(H2,14,16)(H,15,18). The largest absolute Gasteiger partial charge is 0.444 e. The van der Waals surface area contributed by atoms with Gasteiger partial charge in [-0.2, -0.15) is 0 Å². The van der Waals surface area contributed by atoms with E-state index in [4.69, 9.17) is 22.1 Å². The van der Waals surface area contributed by atoms with Gasteiger partial charge >= 0.3 is 6.09 Å². The van der Waals surface area contributed by atoms with E-state index in [1.54, 1.807) is 38.8 Å². The first-order valence-electron chi connectivity index (χ1n) is 5.72. The van der Waals surface area contributed by atoms with Gasteiger partial charge in [-0.25, -0.2) is 9.79 Å². The van der Waals surface area contributed by atoms with Crippen LogP contribution in [0.4, 0.5) is 4.79 Å². The molecule has 1 rings (SSSR count). The molecule has 0 aromatic rings. The number of ether oxygens (including phenoxy) is 1. The zero-order chi connectivity index (χ0) is 14.8. The summed E-state index contributed by atoms with van der Waals surface area (Å²) in [4.78, 5) is 17.3. The Bertz CT molecular complexity index is 419. The molecule has 1 aliphatic rings. The summed E-state index contributed by atoms with van der Waals surface area (Å²) in [5.41, 5.74) is 4.40. The van der Waals surface area contributed by atoms with Crippen LogP contribution in [-0.4, -0.2) is 34.2 Å². The molecule has 0 aromatic carbocycles. The molecule has 108 valence electrons. The highest BCUT2D eigenvalue weighted by Gasteiger charge is 2.26. The lowest BCUT2D eigenvalue weighted by Gasteiger charge is -2.33. The van der Waals surface area contributed by atoms with Gasteiger partial charge in [0.05, 0.1) is 4.48 Å². The number of nitrogens with two attached hydrogens (primary N) is 1. The van der Waals surface area contributed by atoms with Crippen molar-refractivity contribution in [3.8, 4) is 0 Å². The third kappa shape index (κ3) is 4.91. The molecule has 8 heteroatoms.